The zero-order valence-corrected chi connectivity index (χ0v) is 7.96. The van der Waals surface area contributed by atoms with Crippen molar-refractivity contribution in [3.63, 3.8) is 0 Å². The molecule has 74 valence electrons. The first-order chi connectivity index (χ1) is 6.63. The average Bonchev–Trinajstić information content (AvgIpc) is 2.17. The number of carbonyl (C=O) groups is 1. The lowest BCUT2D eigenvalue weighted by Gasteiger charge is -2.12. The summed E-state index contributed by atoms with van der Waals surface area (Å²) >= 11 is 0. The largest absolute Gasteiger partial charge is 0.346 e. The number of hydrogen-bond donors (Lipinski definition) is 1. The molecule has 1 atom stereocenters. The molecule has 0 bridgehead atoms. The normalized spacial score (nSPS) is 11.9. The van der Waals surface area contributed by atoms with Gasteiger partial charge in [0.15, 0.2) is 0 Å². The molecule has 1 aromatic carbocycles. The van der Waals surface area contributed by atoms with E-state index in [1.807, 2.05) is 0 Å². The van der Waals surface area contributed by atoms with Gasteiger partial charge < -0.3 is 5.32 Å². The van der Waals surface area contributed by atoms with Crippen LogP contribution in [0.3, 0.4) is 0 Å². The zero-order chi connectivity index (χ0) is 10.6. The van der Waals surface area contributed by atoms with Crippen molar-refractivity contribution >= 4 is 5.91 Å². The molecule has 0 aliphatic rings. The highest BCUT2D eigenvalue weighted by Gasteiger charge is 2.07. The lowest BCUT2D eigenvalue weighted by Crippen LogP contribution is -2.24. The highest BCUT2D eigenvalue weighted by molar-refractivity contribution is 5.87. The van der Waals surface area contributed by atoms with Crippen molar-refractivity contribution in [2.45, 2.75) is 13.0 Å². The predicted molar refractivity (Wildman–Crippen MR) is 53.2 cm³/mol. The Morgan fingerprint density at radius 1 is 1.64 bits per heavy atom. The van der Waals surface area contributed by atoms with Crippen molar-refractivity contribution in [2.24, 2.45) is 0 Å². The predicted octanol–water partition coefficient (Wildman–Crippen LogP) is 2.19. The summed E-state index contributed by atoms with van der Waals surface area (Å²) in [5.41, 5.74) is 0.736. The molecule has 0 saturated carbocycles. The molecule has 0 aliphatic heterocycles. The zero-order valence-electron chi connectivity index (χ0n) is 7.96. The van der Waals surface area contributed by atoms with E-state index in [1.165, 1.54) is 18.2 Å². The molecular formula is C11H12FNO. The van der Waals surface area contributed by atoms with E-state index >= 15 is 0 Å². The Morgan fingerprint density at radius 2 is 2.36 bits per heavy atom. The van der Waals surface area contributed by atoms with E-state index in [1.54, 1.807) is 19.1 Å². The molecule has 0 aliphatic carbocycles. The van der Waals surface area contributed by atoms with Crippen LogP contribution in [-0.4, -0.2) is 5.91 Å². The SMILES string of the molecule is C=CC(=O)N[C@@H](C)c1cccc(F)c1. The maximum absolute atomic E-state index is 12.8. The number of carbonyl (C=O) groups excluding carboxylic acids is 1. The molecule has 0 unspecified atom stereocenters. The van der Waals surface area contributed by atoms with Crippen molar-refractivity contribution < 1.29 is 9.18 Å². The van der Waals surface area contributed by atoms with Crippen LogP contribution in [-0.2, 0) is 4.79 Å². The molecule has 0 heterocycles. The Hall–Kier alpha value is -1.64. The van der Waals surface area contributed by atoms with E-state index in [2.05, 4.69) is 11.9 Å². The summed E-state index contributed by atoms with van der Waals surface area (Å²) in [7, 11) is 0. The van der Waals surface area contributed by atoms with Crippen molar-refractivity contribution in [1.82, 2.24) is 5.32 Å². The molecule has 1 N–H and O–H groups in total. The highest BCUT2D eigenvalue weighted by atomic mass is 19.1. The third kappa shape index (κ3) is 2.69. The van der Waals surface area contributed by atoms with Crippen LogP contribution in [0.4, 0.5) is 4.39 Å². The monoisotopic (exact) mass is 193 g/mol. The number of amides is 1. The minimum atomic E-state index is -0.304. The number of halogens is 1. The Morgan fingerprint density at radius 3 is 2.93 bits per heavy atom. The summed E-state index contributed by atoms with van der Waals surface area (Å²) in [6.45, 7) is 5.13. The molecule has 0 radical (unpaired) electrons. The molecule has 0 aromatic heterocycles. The van der Waals surface area contributed by atoms with Gasteiger partial charge in [-0.25, -0.2) is 4.39 Å². The van der Waals surface area contributed by atoms with Gasteiger partial charge in [-0.2, -0.15) is 0 Å². The first-order valence-corrected chi connectivity index (χ1v) is 4.32. The molecular weight excluding hydrogens is 181 g/mol. The third-order valence-electron chi connectivity index (χ3n) is 1.89. The summed E-state index contributed by atoms with van der Waals surface area (Å²) in [6, 6.07) is 5.92. The Bertz CT molecular complexity index is 349. The fourth-order valence-corrected chi connectivity index (χ4v) is 1.13. The second-order valence-corrected chi connectivity index (χ2v) is 2.99. The minimum absolute atomic E-state index is 0.212. The number of hydrogen-bond acceptors (Lipinski definition) is 1. The van der Waals surface area contributed by atoms with Gasteiger partial charge in [-0.15, -0.1) is 0 Å². The number of nitrogens with one attached hydrogen (secondary N) is 1. The van der Waals surface area contributed by atoms with Gasteiger partial charge in [0.2, 0.25) is 5.91 Å². The number of benzene rings is 1. The quantitative estimate of drug-likeness (QED) is 0.732. The lowest BCUT2D eigenvalue weighted by molar-refractivity contribution is -0.117. The smallest absolute Gasteiger partial charge is 0.243 e. The topological polar surface area (TPSA) is 29.1 Å². The first-order valence-electron chi connectivity index (χ1n) is 4.32. The number of rotatable bonds is 3. The maximum atomic E-state index is 12.8. The average molecular weight is 193 g/mol. The second kappa shape index (κ2) is 4.56. The van der Waals surface area contributed by atoms with E-state index in [9.17, 15) is 9.18 Å². The summed E-state index contributed by atoms with van der Waals surface area (Å²) in [5.74, 6) is -0.566. The van der Waals surface area contributed by atoms with E-state index in [0.29, 0.717) is 0 Å². The summed E-state index contributed by atoms with van der Waals surface area (Å²) < 4.78 is 12.8. The van der Waals surface area contributed by atoms with Crippen molar-refractivity contribution in [3.05, 3.63) is 48.3 Å². The van der Waals surface area contributed by atoms with Crippen molar-refractivity contribution in [1.29, 1.82) is 0 Å². The van der Waals surface area contributed by atoms with Gasteiger partial charge in [0.05, 0.1) is 6.04 Å². The summed E-state index contributed by atoms with van der Waals surface area (Å²) in [6.07, 6.45) is 1.19. The molecule has 2 nitrogen and oxygen atoms in total. The van der Waals surface area contributed by atoms with Gasteiger partial charge in [-0.1, -0.05) is 18.7 Å². The highest BCUT2D eigenvalue weighted by Crippen LogP contribution is 2.12. The van der Waals surface area contributed by atoms with E-state index < -0.39 is 0 Å². The van der Waals surface area contributed by atoms with Gasteiger partial charge in [-0.3, -0.25) is 4.79 Å². The van der Waals surface area contributed by atoms with E-state index in [-0.39, 0.29) is 17.8 Å². The van der Waals surface area contributed by atoms with E-state index in [0.717, 1.165) is 5.56 Å². The standard InChI is InChI=1S/C11H12FNO/c1-3-11(14)13-8(2)9-5-4-6-10(12)7-9/h3-8H,1H2,2H3,(H,13,14)/t8-/m0/s1. The second-order valence-electron chi connectivity index (χ2n) is 2.99. The molecule has 1 aromatic rings. The fraction of sp³-hybridized carbons (Fsp3) is 0.182. The first kappa shape index (κ1) is 10.4. The third-order valence-corrected chi connectivity index (χ3v) is 1.89. The van der Waals surface area contributed by atoms with Crippen LogP contribution >= 0.6 is 0 Å². The molecule has 0 spiro atoms. The van der Waals surface area contributed by atoms with Crippen molar-refractivity contribution in [2.75, 3.05) is 0 Å². The van der Waals surface area contributed by atoms with Crippen molar-refractivity contribution in [3.8, 4) is 0 Å². The van der Waals surface area contributed by atoms with Crippen LogP contribution in [0.2, 0.25) is 0 Å². The van der Waals surface area contributed by atoms with Crippen LogP contribution in [0.5, 0.6) is 0 Å². The van der Waals surface area contributed by atoms with Crippen LogP contribution in [0.15, 0.2) is 36.9 Å². The van der Waals surface area contributed by atoms with Gasteiger partial charge in [-0.05, 0) is 30.7 Å². The van der Waals surface area contributed by atoms with Gasteiger partial charge in [0.1, 0.15) is 5.82 Å². The van der Waals surface area contributed by atoms with Gasteiger partial charge in [0.25, 0.3) is 0 Å². The van der Waals surface area contributed by atoms with Crippen LogP contribution in [0.25, 0.3) is 0 Å². The molecule has 14 heavy (non-hydrogen) atoms. The maximum Gasteiger partial charge on any atom is 0.243 e. The van der Waals surface area contributed by atoms with Crippen LogP contribution in [0, 0.1) is 5.82 Å². The minimum Gasteiger partial charge on any atom is -0.346 e. The Balaban J connectivity index is 2.74. The lowest BCUT2D eigenvalue weighted by atomic mass is 10.1. The van der Waals surface area contributed by atoms with E-state index in [4.69, 9.17) is 0 Å². The summed E-state index contributed by atoms with van der Waals surface area (Å²) in [5, 5.41) is 2.65. The fourth-order valence-electron chi connectivity index (χ4n) is 1.13. The van der Waals surface area contributed by atoms with Crippen LogP contribution in [0.1, 0.15) is 18.5 Å². The molecule has 0 saturated heterocycles. The molecule has 1 rings (SSSR count). The Labute approximate surface area is 82.4 Å². The van der Waals surface area contributed by atoms with Gasteiger partial charge >= 0.3 is 0 Å². The molecule has 1 amide bonds. The Kier molecular flexibility index (Phi) is 3.40. The van der Waals surface area contributed by atoms with Gasteiger partial charge in [0, 0.05) is 0 Å². The molecule has 0 fully saturated rings. The van der Waals surface area contributed by atoms with Crippen LogP contribution < -0.4 is 5.32 Å². The summed E-state index contributed by atoms with van der Waals surface area (Å²) in [4.78, 5) is 11.0. The molecule has 3 heteroatoms.